The molecule has 2 aliphatic rings. The van der Waals surface area contributed by atoms with Crippen LogP contribution in [0.1, 0.15) is 19.3 Å². The summed E-state index contributed by atoms with van der Waals surface area (Å²) in [5.41, 5.74) is 0. The van der Waals surface area contributed by atoms with Crippen LogP contribution in [0.25, 0.3) is 0 Å². The van der Waals surface area contributed by atoms with Crippen molar-refractivity contribution in [3.8, 4) is 6.07 Å². The van der Waals surface area contributed by atoms with Crippen molar-refractivity contribution in [3.05, 3.63) is 0 Å². The van der Waals surface area contributed by atoms with E-state index in [1.165, 1.54) is 19.4 Å². The summed E-state index contributed by atoms with van der Waals surface area (Å²) in [6.45, 7) is 4.38. The standard InChI is InChI=1S/C13H22N4O2/c14-4-2-5-16-13(18)8-15-7-12-9-17-6-1-3-11(17)10-19-12/h11-12,15H,1-3,5-10H2,(H,16,18). The third-order valence-corrected chi connectivity index (χ3v) is 3.68. The maximum Gasteiger partial charge on any atom is 0.233 e. The molecule has 106 valence electrons. The van der Waals surface area contributed by atoms with Crippen LogP contribution in [0.15, 0.2) is 0 Å². The second-order valence-corrected chi connectivity index (χ2v) is 5.14. The Labute approximate surface area is 114 Å². The quantitative estimate of drug-likeness (QED) is 0.632. The van der Waals surface area contributed by atoms with E-state index >= 15 is 0 Å². The van der Waals surface area contributed by atoms with Gasteiger partial charge < -0.3 is 15.4 Å². The first-order valence-electron chi connectivity index (χ1n) is 6.99. The van der Waals surface area contributed by atoms with Crippen molar-refractivity contribution in [2.75, 3.05) is 39.3 Å². The maximum absolute atomic E-state index is 11.4. The zero-order valence-electron chi connectivity index (χ0n) is 11.2. The van der Waals surface area contributed by atoms with E-state index in [4.69, 9.17) is 10.00 Å². The minimum absolute atomic E-state index is 0.0647. The number of hydrogen-bond acceptors (Lipinski definition) is 5. The molecule has 2 aliphatic heterocycles. The highest BCUT2D eigenvalue weighted by Crippen LogP contribution is 2.22. The van der Waals surface area contributed by atoms with E-state index in [1.54, 1.807) is 0 Å². The van der Waals surface area contributed by atoms with Crippen molar-refractivity contribution < 1.29 is 9.53 Å². The van der Waals surface area contributed by atoms with Gasteiger partial charge in [-0.15, -0.1) is 0 Å². The monoisotopic (exact) mass is 266 g/mol. The molecular formula is C13H22N4O2. The van der Waals surface area contributed by atoms with Crippen LogP contribution in [0.5, 0.6) is 0 Å². The van der Waals surface area contributed by atoms with Crippen LogP contribution in [0, 0.1) is 11.3 Å². The van der Waals surface area contributed by atoms with Crippen LogP contribution in [0.4, 0.5) is 0 Å². The molecule has 2 heterocycles. The number of nitriles is 1. The molecule has 0 aromatic carbocycles. The first-order valence-corrected chi connectivity index (χ1v) is 6.99. The number of nitrogens with one attached hydrogen (secondary N) is 2. The van der Waals surface area contributed by atoms with Crippen LogP contribution in [0.3, 0.4) is 0 Å². The first-order chi connectivity index (χ1) is 9.29. The Morgan fingerprint density at radius 3 is 3.26 bits per heavy atom. The van der Waals surface area contributed by atoms with Gasteiger partial charge >= 0.3 is 0 Å². The largest absolute Gasteiger partial charge is 0.374 e. The Hall–Kier alpha value is -1.16. The number of carbonyl (C=O) groups is 1. The van der Waals surface area contributed by atoms with Gasteiger partial charge in [0.2, 0.25) is 5.91 Å². The van der Waals surface area contributed by atoms with E-state index < -0.39 is 0 Å². The van der Waals surface area contributed by atoms with Crippen molar-refractivity contribution in [3.63, 3.8) is 0 Å². The molecule has 2 N–H and O–H groups in total. The van der Waals surface area contributed by atoms with Crippen LogP contribution >= 0.6 is 0 Å². The fraction of sp³-hybridized carbons (Fsp3) is 0.846. The molecular weight excluding hydrogens is 244 g/mol. The molecule has 19 heavy (non-hydrogen) atoms. The van der Waals surface area contributed by atoms with Gasteiger partial charge in [-0.25, -0.2) is 0 Å². The molecule has 0 aromatic heterocycles. The summed E-state index contributed by atoms with van der Waals surface area (Å²) in [6.07, 6.45) is 3.06. The number of amides is 1. The molecule has 0 saturated carbocycles. The van der Waals surface area contributed by atoms with E-state index in [2.05, 4.69) is 15.5 Å². The summed E-state index contributed by atoms with van der Waals surface area (Å²) in [5.74, 6) is -0.0647. The normalized spacial score (nSPS) is 26.7. The lowest BCUT2D eigenvalue weighted by molar-refractivity contribution is -0.120. The number of nitrogens with zero attached hydrogens (tertiary/aromatic N) is 2. The zero-order valence-corrected chi connectivity index (χ0v) is 11.2. The summed E-state index contributed by atoms with van der Waals surface area (Å²) in [5, 5.41) is 14.2. The van der Waals surface area contributed by atoms with Gasteiger partial charge in [-0.2, -0.15) is 5.26 Å². The van der Waals surface area contributed by atoms with Gasteiger partial charge in [0.15, 0.2) is 0 Å². The van der Waals surface area contributed by atoms with Gasteiger partial charge in [0.05, 0.1) is 31.7 Å². The van der Waals surface area contributed by atoms with Crippen molar-refractivity contribution in [1.29, 1.82) is 5.26 Å². The summed E-state index contributed by atoms with van der Waals surface area (Å²) in [6, 6.07) is 2.61. The molecule has 2 saturated heterocycles. The molecule has 0 aromatic rings. The fourth-order valence-electron chi connectivity index (χ4n) is 2.68. The zero-order chi connectivity index (χ0) is 13.5. The molecule has 2 fully saturated rings. The number of fused-ring (bicyclic) bond motifs is 1. The lowest BCUT2D eigenvalue weighted by atomic mass is 10.2. The second-order valence-electron chi connectivity index (χ2n) is 5.14. The number of carbonyl (C=O) groups excluding carboxylic acids is 1. The topological polar surface area (TPSA) is 77.4 Å². The fourth-order valence-corrected chi connectivity index (χ4v) is 2.68. The highest BCUT2D eigenvalue weighted by Gasteiger charge is 2.31. The summed E-state index contributed by atoms with van der Waals surface area (Å²) in [7, 11) is 0. The third-order valence-electron chi connectivity index (χ3n) is 3.68. The van der Waals surface area contributed by atoms with Gasteiger partial charge in [0.25, 0.3) is 0 Å². The third kappa shape index (κ3) is 4.46. The van der Waals surface area contributed by atoms with E-state index in [0.29, 0.717) is 25.6 Å². The minimum Gasteiger partial charge on any atom is -0.374 e. The van der Waals surface area contributed by atoms with Gasteiger partial charge in [0.1, 0.15) is 0 Å². The minimum atomic E-state index is -0.0647. The lowest BCUT2D eigenvalue weighted by Crippen LogP contribution is -2.50. The smallest absolute Gasteiger partial charge is 0.233 e. The highest BCUT2D eigenvalue weighted by atomic mass is 16.5. The average molecular weight is 266 g/mol. The summed E-state index contributed by atoms with van der Waals surface area (Å²) >= 11 is 0. The molecule has 2 unspecified atom stereocenters. The van der Waals surface area contributed by atoms with Crippen LogP contribution in [0.2, 0.25) is 0 Å². The predicted octanol–water partition coefficient (Wildman–Crippen LogP) is -0.531. The molecule has 1 amide bonds. The average Bonchev–Trinajstić information content (AvgIpc) is 2.86. The van der Waals surface area contributed by atoms with Gasteiger partial charge in [-0.3, -0.25) is 9.69 Å². The maximum atomic E-state index is 11.4. The second kappa shape index (κ2) is 7.43. The summed E-state index contributed by atoms with van der Waals surface area (Å²) < 4.78 is 5.79. The van der Waals surface area contributed by atoms with E-state index in [-0.39, 0.29) is 18.6 Å². The summed E-state index contributed by atoms with van der Waals surface area (Å²) in [4.78, 5) is 13.9. The van der Waals surface area contributed by atoms with Gasteiger partial charge in [-0.1, -0.05) is 0 Å². The van der Waals surface area contributed by atoms with E-state index in [0.717, 1.165) is 13.2 Å². The number of rotatable bonds is 6. The highest BCUT2D eigenvalue weighted by molar-refractivity contribution is 5.77. The van der Waals surface area contributed by atoms with Crippen molar-refractivity contribution in [2.24, 2.45) is 0 Å². The Balaban J connectivity index is 1.56. The van der Waals surface area contributed by atoms with Crippen LogP contribution < -0.4 is 10.6 Å². The van der Waals surface area contributed by atoms with E-state index in [9.17, 15) is 4.79 Å². The predicted molar refractivity (Wildman–Crippen MR) is 70.4 cm³/mol. The van der Waals surface area contributed by atoms with Crippen LogP contribution in [-0.2, 0) is 9.53 Å². The number of hydrogen-bond donors (Lipinski definition) is 2. The molecule has 2 rings (SSSR count). The van der Waals surface area contributed by atoms with Crippen molar-refractivity contribution in [1.82, 2.24) is 15.5 Å². The first kappa shape index (κ1) is 14.3. The van der Waals surface area contributed by atoms with E-state index in [1.807, 2.05) is 6.07 Å². The molecule has 6 heteroatoms. The molecule has 6 nitrogen and oxygen atoms in total. The van der Waals surface area contributed by atoms with Crippen molar-refractivity contribution >= 4 is 5.91 Å². The number of morpholine rings is 1. The van der Waals surface area contributed by atoms with Gasteiger partial charge in [-0.05, 0) is 19.4 Å². The number of ether oxygens (including phenoxy) is 1. The molecule has 0 radical (unpaired) electrons. The Morgan fingerprint density at radius 1 is 1.53 bits per heavy atom. The van der Waals surface area contributed by atoms with Crippen LogP contribution in [-0.4, -0.2) is 62.3 Å². The van der Waals surface area contributed by atoms with Gasteiger partial charge in [0, 0.05) is 25.7 Å². The molecule has 0 spiro atoms. The lowest BCUT2D eigenvalue weighted by Gasteiger charge is -2.35. The Morgan fingerprint density at radius 2 is 2.42 bits per heavy atom. The Bertz CT molecular complexity index is 342. The molecule has 2 atom stereocenters. The molecule has 0 aliphatic carbocycles. The van der Waals surface area contributed by atoms with Crippen molar-refractivity contribution in [2.45, 2.75) is 31.4 Å². The SMILES string of the molecule is N#CCCNC(=O)CNCC1CN2CCCC2CO1. The molecule has 0 bridgehead atoms. The Kier molecular flexibility index (Phi) is 5.58.